The first kappa shape index (κ1) is 15.6. The molecule has 0 saturated heterocycles. The first-order chi connectivity index (χ1) is 10.2. The number of ether oxygens (including phenoxy) is 1. The molecule has 0 saturated carbocycles. The zero-order valence-corrected chi connectivity index (χ0v) is 13.1. The summed E-state index contributed by atoms with van der Waals surface area (Å²) in [4.78, 5) is 2.28. The molecule has 1 heterocycles. The summed E-state index contributed by atoms with van der Waals surface area (Å²) in [5.41, 5.74) is 2.52. The second kappa shape index (κ2) is 7.86. The van der Waals surface area contributed by atoms with Crippen LogP contribution in [-0.4, -0.2) is 25.6 Å². The van der Waals surface area contributed by atoms with Crippen molar-refractivity contribution >= 4 is 0 Å². The second-order valence-corrected chi connectivity index (χ2v) is 5.17. The van der Waals surface area contributed by atoms with E-state index in [0.717, 1.165) is 37.7 Å². The van der Waals surface area contributed by atoms with Crippen LogP contribution in [0.2, 0.25) is 0 Å². The molecule has 1 aromatic carbocycles. The number of nitrogens with one attached hydrogen (secondary N) is 1. The number of hydrogen-bond donors (Lipinski definition) is 1. The largest absolute Gasteiger partial charge is 0.497 e. The summed E-state index contributed by atoms with van der Waals surface area (Å²) in [5, 5.41) is 3.30. The summed E-state index contributed by atoms with van der Waals surface area (Å²) in [7, 11) is 3.81. The monoisotopic (exact) mass is 288 g/mol. The Bertz CT molecular complexity index is 534. The van der Waals surface area contributed by atoms with E-state index < -0.39 is 0 Å². The van der Waals surface area contributed by atoms with E-state index in [1.165, 1.54) is 11.1 Å². The number of benzene rings is 1. The number of rotatable bonds is 8. The molecule has 0 aliphatic heterocycles. The lowest BCUT2D eigenvalue weighted by Crippen LogP contribution is -2.19. The summed E-state index contributed by atoms with van der Waals surface area (Å²) >= 11 is 0. The molecule has 1 aromatic heterocycles. The number of nitrogens with zero attached hydrogens (tertiary/aromatic N) is 1. The molecule has 2 rings (SSSR count). The normalized spacial score (nSPS) is 11.0. The molecular weight excluding hydrogens is 264 g/mol. The van der Waals surface area contributed by atoms with E-state index in [2.05, 4.69) is 42.4 Å². The topological polar surface area (TPSA) is 37.6 Å². The standard InChI is InChI=1S/C17H24N2O2/c1-4-18-11-17-15(9-10-21-17)13-19(2)12-14-5-7-16(20-3)8-6-14/h5-10,18H,4,11-13H2,1-3H3. The van der Waals surface area contributed by atoms with Crippen molar-refractivity contribution in [3.05, 3.63) is 53.5 Å². The number of methoxy groups -OCH3 is 1. The van der Waals surface area contributed by atoms with Gasteiger partial charge >= 0.3 is 0 Å². The van der Waals surface area contributed by atoms with Gasteiger partial charge in [0, 0.05) is 18.7 Å². The van der Waals surface area contributed by atoms with Gasteiger partial charge in [-0.15, -0.1) is 0 Å². The Balaban J connectivity index is 1.91. The fraction of sp³-hybridized carbons (Fsp3) is 0.412. The average molecular weight is 288 g/mol. The molecule has 0 bridgehead atoms. The highest BCUT2D eigenvalue weighted by atomic mass is 16.5. The third-order valence-corrected chi connectivity index (χ3v) is 3.43. The molecule has 1 N–H and O–H groups in total. The van der Waals surface area contributed by atoms with Gasteiger partial charge in [0.15, 0.2) is 0 Å². The van der Waals surface area contributed by atoms with Crippen LogP contribution >= 0.6 is 0 Å². The van der Waals surface area contributed by atoms with Crippen molar-refractivity contribution < 1.29 is 9.15 Å². The first-order valence-electron chi connectivity index (χ1n) is 7.30. The molecule has 0 aliphatic rings. The zero-order chi connectivity index (χ0) is 15.1. The maximum absolute atomic E-state index is 5.54. The van der Waals surface area contributed by atoms with E-state index in [0.29, 0.717) is 0 Å². The summed E-state index contributed by atoms with van der Waals surface area (Å²) in [6.45, 7) is 5.61. The zero-order valence-electron chi connectivity index (χ0n) is 13.1. The maximum Gasteiger partial charge on any atom is 0.122 e. The van der Waals surface area contributed by atoms with Crippen molar-refractivity contribution in [3.8, 4) is 5.75 Å². The van der Waals surface area contributed by atoms with Gasteiger partial charge in [-0.3, -0.25) is 4.90 Å². The highest BCUT2D eigenvalue weighted by Crippen LogP contribution is 2.16. The fourth-order valence-electron chi connectivity index (χ4n) is 2.29. The Kier molecular flexibility index (Phi) is 5.84. The quantitative estimate of drug-likeness (QED) is 0.810. The fourth-order valence-corrected chi connectivity index (χ4v) is 2.29. The minimum Gasteiger partial charge on any atom is -0.497 e. The molecule has 0 spiro atoms. The van der Waals surface area contributed by atoms with Crippen molar-refractivity contribution in [3.63, 3.8) is 0 Å². The third kappa shape index (κ3) is 4.62. The van der Waals surface area contributed by atoms with Gasteiger partial charge in [-0.05, 0) is 37.4 Å². The molecule has 4 nitrogen and oxygen atoms in total. The highest BCUT2D eigenvalue weighted by Gasteiger charge is 2.09. The molecular formula is C17H24N2O2. The molecule has 21 heavy (non-hydrogen) atoms. The van der Waals surface area contributed by atoms with Crippen molar-refractivity contribution in [2.45, 2.75) is 26.6 Å². The molecule has 0 fully saturated rings. The van der Waals surface area contributed by atoms with Crippen molar-refractivity contribution in [1.82, 2.24) is 10.2 Å². The lowest BCUT2D eigenvalue weighted by atomic mass is 10.2. The lowest BCUT2D eigenvalue weighted by molar-refractivity contribution is 0.314. The summed E-state index contributed by atoms with van der Waals surface area (Å²) in [5.74, 6) is 1.92. The van der Waals surface area contributed by atoms with Crippen LogP contribution in [0.4, 0.5) is 0 Å². The first-order valence-corrected chi connectivity index (χ1v) is 7.30. The predicted octanol–water partition coefficient (Wildman–Crippen LogP) is 3.03. The minimum atomic E-state index is 0.787. The minimum absolute atomic E-state index is 0.787. The van der Waals surface area contributed by atoms with Gasteiger partial charge in [0.05, 0.1) is 19.9 Å². The molecule has 0 amide bonds. The molecule has 0 atom stereocenters. The number of hydrogen-bond acceptors (Lipinski definition) is 4. The maximum atomic E-state index is 5.54. The van der Waals surface area contributed by atoms with Crippen LogP contribution in [0.25, 0.3) is 0 Å². The van der Waals surface area contributed by atoms with Gasteiger partial charge in [-0.25, -0.2) is 0 Å². The van der Waals surface area contributed by atoms with Crippen LogP contribution in [0.15, 0.2) is 41.0 Å². The van der Waals surface area contributed by atoms with Gasteiger partial charge in [0.25, 0.3) is 0 Å². The van der Waals surface area contributed by atoms with Gasteiger partial charge in [-0.1, -0.05) is 19.1 Å². The summed E-state index contributed by atoms with van der Waals surface area (Å²) < 4.78 is 10.7. The van der Waals surface area contributed by atoms with Crippen LogP contribution in [0.3, 0.4) is 0 Å². The van der Waals surface area contributed by atoms with E-state index in [9.17, 15) is 0 Å². The van der Waals surface area contributed by atoms with Gasteiger partial charge in [0.1, 0.15) is 11.5 Å². The van der Waals surface area contributed by atoms with Gasteiger partial charge < -0.3 is 14.5 Å². The van der Waals surface area contributed by atoms with Crippen LogP contribution in [-0.2, 0) is 19.6 Å². The van der Waals surface area contributed by atoms with Crippen molar-refractivity contribution in [2.24, 2.45) is 0 Å². The Morgan fingerprint density at radius 1 is 1.14 bits per heavy atom. The number of furan rings is 1. The smallest absolute Gasteiger partial charge is 0.122 e. The van der Waals surface area contributed by atoms with Crippen molar-refractivity contribution in [2.75, 3.05) is 20.7 Å². The van der Waals surface area contributed by atoms with E-state index in [-0.39, 0.29) is 0 Å². The van der Waals surface area contributed by atoms with E-state index in [1.807, 2.05) is 12.1 Å². The lowest BCUT2D eigenvalue weighted by Gasteiger charge is -2.17. The summed E-state index contributed by atoms with van der Waals surface area (Å²) in [6, 6.07) is 10.3. The average Bonchev–Trinajstić information content (AvgIpc) is 2.93. The second-order valence-electron chi connectivity index (χ2n) is 5.17. The van der Waals surface area contributed by atoms with Gasteiger partial charge in [0.2, 0.25) is 0 Å². The Labute approximate surface area is 126 Å². The van der Waals surface area contributed by atoms with E-state index in [4.69, 9.17) is 9.15 Å². The Morgan fingerprint density at radius 3 is 2.57 bits per heavy atom. The van der Waals surface area contributed by atoms with Crippen LogP contribution in [0.5, 0.6) is 5.75 Å². The van der Waals surface area contributed by atoms with Crippen LogP contribution in [0, 0.1) is 0 Å². The van der Waals surface area contributed by atoms with E-state index in [1.54, 1.807) is 13.4 Å². The van der Waals surface area contributed by atoms with Gasteiger partial charge in [-0.2, -0.15) is 0 Å². The predicted molar refractivity (Wildman–Crippen MR) is 84.3 cm³/mol. The molecule has 114 valence electrons. The molecule has 0 radical (unpaired) electrons. The van der Waals surface area contributed by atoms with Crippen molar-refractivity contribution in [1.29, 1.82) is 0 Å². The molecule has 0 unspecified atom stereocenters. The Hall–Kier alpha value is -1.78. The van der Waals surface area contributed by atoms with Crippen LogP contribution in [0.1, 0.15) is 23.8 Å². The Morgan fingerprint density at radius 2 is 1.90 bits per heavy atom. The molecule has 4 heteroatoms. The SMILES string of the molecule is CCNCc1occc1CN(C)Cc1ccc(OC)cc1. The molecule has 0 aliphatic carbocycles. The van der Waals surface area contributed by atoms with E-state index >= 15 is 0 Å². The molecule has 2 aromatic rings. The third-order valence-electron chi connectivity index (χ3n) is 3.43. The highest BCUT2D eigenvalue weighted by molar-refractivity contribution is 5.27. The van der Waals surface area contributed by atoms with Crippen LogP contribution < -0.4 is 10.1 Å². The summed E-state index contributed by atoms with van der Waals surface area (Å²) in [6.07, 6.45) is 1.77.